The molecule has 0 saturated carbocycles. The van der Waals surface area contributed by atoms with Gasteiger partial charge in [-0.05, 0) is 0 Å². The molecule has 0 aliphatic carbocycles. The number of rotatable bonds is 0. The summed E-state index contributed by atoms with van der Waals surface area (Å²) in [5.41, 5.74) is 9.46. The first kappa shape index (κ1) is 7.98. The molecule has 1 rings (SSSR count). The van der Waals surface area contributed by atoms with E-state index in [0.717, 1.165) is 0 Å². The monoisotopic (exact) mass is 174 g/mol. The van der Waals surface area contributed by atoms with Crippen molar-refractivity contribution in [2.75, 3.05) is 11.5 Å². The van der Waals surface area contributed by atoms with Gasteiger partial charge in [-0.3, -0.25) is 5.73 Å². The molecule has 8 heteroatoms. The molecule has 0 unspecified atom stereocenters. The summed E-state index contributed by atoms with van der Waals surface area (Å²) in [7, 11) is 0. The zero-order valence-electron chi connectivity index (χ0n) is 5.76. The summed E-state index contributed by atoms with van der Waals surface area (Å²) in [4.78, 5) is 0. The minimum Gasteiger partial charge on any atom is -0.674 e. The Bertz CT molecular complexity index is 233. The summed E-state index contributed by atoms with van der Waals surface area (Å²) in [6.45, 7) is 0. The molecule has 12 heavy (non-hydrogen) atoms. The summed E-state index contributed by atoms with van der Waals surface area (Å²) < 4.78 is -0.721. The highest BCUT2D eigenvalue weighted by Gasteiger charge is 2.24. The van der Waals surface area contributed by atoms with E-state index in [0.29, 0.717) is 0 Å². The quantitative estimate of drug-likeness (QED) is 0.253. The summed E-state index contributed by atoms with van der Waals surface area (Å²) in [5.74, 6) is -1.63. The molecule has 0 amide bonds. The predicted molar refractivity (Wildman–Crippen MR) is 36.5 cm³/mol. The number of aromatic nitrogens is 2. The first-order valence-corrected chi connectivity index (χ1v) is 2.78. The molecule has 1 aromatic rings. The van der Waals surface area contributed by atoms with Gasteiger partial charge in [-0.2, -0.15) is 0 Å². The van der Waals surface area contributed by atoms with Crippen molar-refractivity contribution in [3.63, 3.8) is 0 Å². The number of anilines is 2. The molecular weight excluding hydrogens is 168 g/mol. The van der Waals surface area contributed by atoms with Crippen molar-refractivity contribution in [2.24, 2.45) is 0 Å². The third-order valence-corrected chi connectivity index (χ3v) is 1.29. The van der Waals surface area contributed by atoms with Crippen LogP contribution in [0.2, 0.25) is 0 Å². The summed E-state index contributed by atoms with van der Waals surface area (Å²) in [6, 6.07) is -1.28. The highest BCUT2D eigenvalue weighted by molar-refractivity contribution is 5.59. The van der Waals surface area contributed by atoms with Gasteiger partial charge in [0, 0.05) is 0 Å². The first-order valence-electron chi connectivity index (χ1n) is 2.78. The minimum atomic E-state index is -1.28. The van der Waals surface area contributed by atoms with Gasteiger partial charge in [0.2, 0.25) is 5.69 Å². The van der Waals surface area contributed by atoms with Gasteiger partial charge in [-0.25, -0.2) is 0 Å². The molecule has 8 nitrogen and oxygen atoms in total. The largest absolute Gasteiger partial charge is 0.674 e. The molecule has 0 spiro atoms. The molecule has 0 atom stereocenters. The Morgan fingerprint density at radius 2 is 1.58 bits per heavy atom. The second-order valence-corrected chi connectivity index (χ2v) is 2.01. The fourth-order valence-corrected chi connectivity index (χ4v) is 0.618. The van der Waals surface area contributed by atoms with E-state index in [9.17, 15) is 10.4 Å². The van der Waals surface area contributed by atoms with Crippen LogP contribution in [-0.2, 0) is 0 Å². The second-order valence-electron chi connectivity index (χ2n) is 2.01. The standard InChI is InChI=1S/C4H6N4O4/c5-1-2(6)7(11)4(10)8(12)3(1)9/h9-10H,5-6H2. The Labute approximate surface area is 66.1 Å². The lowest BCUT2D eigenvalue weighted by Gasteiger charge is -2.09. The van der Waals surface area contributed by atoms with Crippen LogP contribution in [0.5, 0.6) is 11.9 Å². The molecular formula is C4H6N4O4. The van der Waals surface area contributed by atoms with Crippen LogP contribution in [0.4, 0.5) is 11.5 Å². The average molecular weight is 174 g/mol. The van der Waals surface area contributed by atoms with E-state index in [2.05, 4.69) is 0 Å². The van der Waals surface area contributed by atoms with Gasteiger partial charge in [0.1, 0.15) is 0 Å². The van der Waals surface area contributed by atoms with Crippen molar-refractivity contribution < 1.29 is 19.7 Å². The number of nitrogen functional groups attached to an aromatic ring is 2. The number of hydrogen-bond acceptors (Lipinski definition) is 6. The molecule has 0 bridgehead atoms. The van der Waals surface area contributed by atoms with Gasteiger partial charge in [0.05, 0.1) is 0 Å². The smallest absolute Gasteiger partial charge is 0.531 e. The van der Waals surface area contributed by atoms with Crippen LogP contribution in [0.15, 0.2) is 0 Å². The zero-order valence-corrected chi connectivity index (χ0v) is 5.76. The van der Waals surface area contributed by atoms with Crippen molar-refractivity contribution in [3.8, 4) is 11.9 Å². The fourth-order valence-electron chi connectivity index (χ4n) is 0.618. The Morgan fingerprint density at radius 3 is 2.08 bits per heavy atom. The number of nitrogens with zero attached hydrogens (tertiary/aromatic N) is 2. The Kier molecular flexibility index (Phi) is 1.45. The van der Waals surface area contributed by atoms with Crippen LogP contribution in [0.1, 0.15) is 0 Å². The predicted octanol–water partition coefficient (Wildman–Crippen LogP) is -2.47. The van der Waals surface area contributed by atoms with Crippen molar-refractivity contribution in [3.05, 3.63) is 10.4 Å². The highest BCUT2D eigenvalue weighted by Crippen LogP contribution is 2.19. The van der Waals surface area contributed by atoms with Gasteiger partial charge in [0.25, 0.3) is 0 Å². The molecule has 0 aliphatic heterocycles. The topological polar surface area (TPSA) is 146 Å². The van der Waals surface area contributed by atoms with Crippen LogP contribution in [-0.4, -0.2) is 10.2 Å². The summed E-state index contributed by atoms with van der Waals surface area (Å²) in [6.07, 6.45) is 0. The fraction of sp³-hybridized carbons (Fsp3) is 0. The molecule has 6 N–H and O–H groups in total. The maximum atomic E-state index is 10.7. The van der Waals surface area contributed by atoms with E-state index in [-0.39, 0.29) is 4.73 Å². The normalized spacial score (nSPS) is 10.0. The maximum Gasteiger partial charge on any atom is 0.531 e. The van der Waals surface area contributed by atoms with E-state index in [1.165, 1.54) is 0 Å². The van der Waals surface area contributed by atoms with E-state index in [4.69, 9.17) is 21.7 Å². The van der Waals surface area contributed by atoms with Crippen LogP contribution in [0.25, 0.3) is 0 Å². The third kappa shape index (κ3) is 0.779. The number of aromatic hydroxyl groups is 2. The lowest BCUT2D eigenvalue weighted by atomic mass is 10.5. The molecule has 1 heterocycles. The van der Waals surface area contributed by atoms with E-state index < -0.39 is 28.1 Å². The lowest BCUT2D eigenvalue weighted by molar-refractivity contribution is -0.748. The minimum absolute atomic E-state index is 0.290. The average Bonchev–Trinajstić information content (AvgIpc) is 2.08. The van der Waals surface area contributed by atoms with E-state index >= 15 is 0 Å². The first-order chi connectivity index (χ1) is 5.46. The Balaban J connectivity index is 3.60. The second kappa shape index (κ2) is 2.19. The zero-order chi connectivity index (χ0) is 9.46. The van der Waals surface area contributed by atoms with E-state index in [1.807, 2.05) is 0 Å². The van der Waals surface area contributed by atoms with Crippen LogP contribution in [0.3, 0.4) is 0 Å². The van der Waals surface area contributed by atoms with Gasteiger partial charge >= 0.3 is 17.7 Å². The molecule has 0 radical (unpaired) electrons. The van der Waals surface area contributed by atoms with E-state index in [1.54, 1.807) is 0 Å². The SMILES string of the molecule is Nc1c(N)[n+]([O-])c(O)[n+]([O-])c1O. The van der Waals surface area contributed by atoms with Crippen LogP contribution < -0.4 is 20.9 Å². The van der Waals surface area contributed by atoms with Gasteiger partial charge in [-0.15, -0.1) is 9.46 Å². The van der Waals surface area contributed by atoms with Crippen LogP contribution >= 0.6 is 0 Å². The summed E-state index contributed by atoms with van der Waals surface area (Å²) >= 11 is 0. The van der Waals surface area contributed by atoms with Crippen molar-refractivity contribution in [1.82, 2.24) is 0 Å². The Morgan fingerprint density at radius 1 is 1.08 bits per heavy atom. The van der Waals surface area contributed by atoms with Gasteiger partial charge < -0.3 is 26.4 Å². The molecule has 0 aromatic carbocycles. The Hall–Kier alpha value is -2.12. The van der Waals surface area contributed by atoms with Crippen molar-refractivity contribution >= 4 is 11.5 Å². The molecule has 66 valence electrons. The van der Waals surface area contributed by atoms with Crippen molar-refractivity contribution in [1.29, 1.82) is 0 Å². The maximum absolute atomic E-state index is 10.7. The van der Waals surface area contributed by atoms with Gasteiger partial charge in [0.15, 0.2) is 0 Å². The number of nitrogens with two attached hydrogens (primary N) is 2. The summed E-state index contributed by atoms with van der Waals surface area (Å²) in [5, 5.41) is 38.8. The molecule has 0 aliphatic rings. The highest BCUT2D eigenvalue weighted by atomic mass is 16.6. The third-order valence-electron chi connectivity index (χ3n) is 1.29. The molecule has 0 fully saturated rings. The van der Waals surface area contributed by atoms with Crippen molar-refractivity contribution in [2.45, 2.75) is 0 Å². The van der Waals surface area contributed by atoms with Gasteiger partial charge in [-0.1, -0.05) is 0 Å². The molecule has 0 saturated heterocycles. The number of hydrogen-bond donors (Lipinski definition) is 4. The lowest BCUT2D eigenvalue weighted by Crippen LogP contribution is -2.44. The van der Waals surface area contributed by atoms with Crippen LogP contribution in [0, 0.1) is 10.4 Å². The molecule has 1 aromatic heterocycles.